The topological polar surface area (TPSA) is 35.5 Å². The molecule has 3 heteroatoms. The van der Waals surface area contributed by atoms with Crippen LogP contribution in [-0.2, 0) is 14.3 Å². The molecular formula is C11H18O3. The van der Waals surface area contributed by atoms with Gasteiger partial charge in [-0.25, -0.2) is 4.79 Å². The Morgan fingerprint density at radius 1 is 1.36 bits per heavy atom. The molecule has 1 aliphatic carbocycles. The second-order valence-corrected chi connectivity index (χ2v) is 4.63. The van der Waals surface area contributed by atoms with Gasteiger partial charge in [0.25, 0.3) is 0 Å². The first-order chi connectivity index (χ1) is 6.66. The highest BCUT2D eigenvalue weighted by Gasteiger charge is 2.53. The fourth-order valence-electron chi connectivity index (χ4n) is 2.67. The van der Waals surface area contributed by atoms with Crippen LogP contribution in [-0.4, -0.2) is 25.3 Å². The highest BCUT2D eigenvalue weighted by atomic mass is 16.6. The molecule has 0 aromatic carbocycles. The maximum absolute atomic E-state index is 11.6. The van der Waals surface area contributed by atoms with Gasteiger partial charge in [0, 0.05) is 0 Å². The van der Waals surface area contributed by atoms with E-state index in [-0.39, 0.29) is 5.97 Å². The van der Waals surface area contributed by atoms with Gasteiger partial charge in [0.2, 0.25) is 0 Å². The Balaban J connectivity index is 2.12. The van der Waals surface area contributed by atoms with E-state index in [1.165, 1.54) is 7.11 Å². The minimum atomic E-state index is -0.592. The molecule has 2 heterocycles. The van der Waals surface area contributed by atoms with Gasteiger partial charge in [-0.15, -0.1) is 0 Å². The van der Waals surface area contributed by atoms with Gasteiger partial charge >= 0.3 is 5.97 Å². The molecule has 2 aliphatic heterocycles. The lowest BCUT2D eigenvalue weighted by Gasteiger charge is -2.51. The molecular weight excluding hydrogens is 180 g/mol. The Morgan fingerprint density at radius 3 is 2.36 bits per heavy atom. The molecule has 0 aromatic rings. The van der Waals surface area contributed by atoms with Crippen LogP contribution < -0.4 is 0 Å². The molecule has 0 unspecified atom stereocenters. The third kappa shape index (κ3) is 1.26. The van der Waals surface area contributed by atoms with E-state index in [4.69, 9.17) is 9.47 Å². The van der Waals surface area contributed by atoms with Crippen LogP contribution in [0.4, 0.5) is 0 Å². The molecule has 0 spiro atoms. The van der Waals surface area contributed by atoms with Crippen LogP contribution >= 0.6 is 0 Å². The average Bonchev–Trinajstić information content (AvgIpc) is 2.30. The zero-order valence-corrected chi connectivity index (χ0v) is 8.97. The number of methoxy groups -OCH3 is 1. The molecule has 2 bridgehead atoms. The van der Waals surface area contributed by atoms with E-state index < -0.39 is 5.60 Å². The molecule has 3 fully saturated rings. The predicted molar refractivity (Wildman–Crippen MR) is 51.9 cm³/mol. The van der Waals surface area contributed by atoms with Crippen molar-refractivity contribution in [3.05, 3.63) is 0 Å². The molecule has 3 rings (SSSR count). The smallest absolute Gasteiger partial charge is 0.338 e. The fraction of sp³-hybridized carbons (Fsp3) is 0.909. The maximum Gasteiger partial charge on any atom is 0.338 e. The van der Waals surface area contributed by atoms with Crippen molar-refractivity contribution in [2.45, 2.75) is 44.6 Å². The summed E-state index contributed by atoms with van der Waals surface area (Å²) >= 11 is 0. The Bertz CT molecular complexity index is 222. The normalized spacial score (nSPS) is 41.0. The van der Waals surface area contributed by atoms with Crippen LogP contribution in [0, 0.1) is 5.41 Å². The van der Waals surface area contributed by atoms with E-state index in [1.807, 2.05) is 0 Å². The second-order valence-electron chi connectivity index (χ2n) is 4.63. The molecule has 80 valence electrons. The second kappa shape index (κ2) is 3.23. The summed E-state index contributed by atoms with van der Waals surface area (Å²) in [6, 6.07) is 0. The lowest BCUT2D eigenvalue weighted by atomic mass is 9.65. The molecule has 3 nitrogen and oxygen atoms in total. The van der Waals surface area contributed by atoms with Gasteiger partial charge in [0.15, 0.2) is 5.60 Å². The maximum atomic E-state index is 11.6. The third-order valence-electron chi connectivity index (χ3n) is 4.08. The summed E-state index contributed by atoms with van der Waals surface area (Å²) in [5.74, 6) is -0.179. The largest absolute Gasteiger partial charge is 0.467 e. The van der Waals surface area contributed by atoms with Gasteiger partial charge in [-0.2, -0.15) is 0 Å². The van der Waals surface area contributed by atoms with Gasteiger partial charge in [-0.05, 0) is 37.5 Å². The van der Waals surface area contributed by atoms with Crippen molar-refractivity contribution >= 4 is 5.97 Å². The molecule has 3 aliphatic rings. The number of hydrogen-bond acceptors (Lipinski definition) is 3. The fourth-order valence-corrected chi connectivity index (χ4v) is 2.67. The van der Waals surface area contributed by atoms with Crippen molar-refractivity contribution in [3.63, 3.8) is 0 Å². The monoisotopic (exact) mass is 198 g/mol. The molecule has 0 amide bonds. The standard InChI is InChI=1S/C11H18O3/c1-3-10-4-6-11(7-5-10,14-8-10)9(12)13-2/h3-8H2,1-2H3. The summed E-state index contributed by atoms with van der Waals surface area (Å²) in [5, 5.41) is 0. The van der Waals surface area contributed by atoms with Gasteiger partial charge in [-0.1, -0.05) is 6.92 Å². The average molecular weight is 198 g/mol. The lowest BCUT2D eigenvalue weighted by molar-refractivity contribution is -0.210. The lowest BCUT2D eigenvalue weighted by Crippen LogP contribution is -2.55. The summed E-state index contributed by atoms with van der Waals surface area (Å²) in [6.45, 7) is 2.94. The van der Waals surface area contributed by atoms with E-state index in [0.717, 1.165) is 38.7 Å². The molecule has 1 saturated carbocycles. The zero-order chi connectivity index (χ0) is 10.2. The van der Waals surface area contributed by atoms with E-state index in [9.17, 15) is 4.79 Å². The van der Waals surface area contributed by atoms with Gasteiger partial charge in [-0.3, -0.25) is 0 Å². The summed E-state index contributed by atoms with van der Waals surface area (Å²) in [5.41, 5.74) is -0.235. The molecule has 14 heavy (non-hydrogen) atoms. The SMILES string of the molecule is CCC12CCC(C(=O)OC)(CC1)OC2. The number of hydrogen-bond donors (Lipinski definition) is 0. The number of carbonyl (C=O) groups excluding carboxylic acids is 1. The van der Waals surface area contributed by atoms with E-state index in [1.54, 1.807) is 0 Å². The Hall–Kier alpha value is -0.570. The van der Waals surface area contributed by atoms with Gasteiger partial charge in [0.1, 0.15) is 0 Å². The van der Waals surface area contributed by atoms with Crippen molar-refractivity contribution < 1.29 is 14.3 Å². The first-order valence-corrected chi connectivity index (χ1v) is 5.39. The quantitative estimate of drug-likeness (QED) is 0.636. The summed E-state index contributed by atoms with van der Waals surface area (Å²) < 4.78 is 10.5. The van der Waals surface area contributed by atoms with Crippen LogP contribution in [0.5, 0.6) is 0 Å². The number of rotatable bonds is 2. The minimum absolute atomic E-state index is 0.179. The molecule has 0 radical (unpaired) electrons. The van der Waals surface area contributed by atoms with Crippen LogP contribution in [0.2, 0.25) is 0 Å². The number of esters is 1. The van der Waals surface area contributed by atoms with Crippen LogP contribution in [0.15, 0.2) is 0 Å². The van der Waals surface area contributed by atoms with Crippen LogP contribution in [0.3, 0.4) is 0 Å². The van der Waals surface area contributed by atoms with Crippen molar-refractivity contribution in [1.82, 2.24) is 0 Å². The Kier molecular flexibility index (Phi) is 2.30. The van der Waals surface area contributed by atoms with Crippen LogP contribution in [0.1, 0.15) is 39.0 Å². The highest BCUT2D eigenvalue weighted by molar-refractivity contribution is 5.79. The van der Waals surface area contributed by atoms with Crippen molar-refractivity contribution in [2.75, 3.05) is 13.7 Å². The summed E-state index contributed by atoms with van der Waals surface area (Å²) in [7, 11) is 1.44. The molecule has 0 aromatic heterocycles. The van der Waals surface area contributed by atoms with Gasteiger partial charge < -0.3 is 9.47 Å². The predicted octanol–water partition coefficient (Wildman–Crippen LogP) is 1.90. The minimum Gasteiger partial charge on any atom is -0.467 e. The van der Waals surface area contributed by atoms with Crippen molar-refractivity contribution in [3.8, 4) is 0 Å². The van der Waals surface area contributed by atoms with Crippen molar-refractivity contribution in [2.24, 2.45) is 5.41 Å². The van der Waals surface area contributed by atoms with E-state index in [0.29, 0.717) is 5.41 Å². The zero-order valence-electron chi connectivity index (χ0n) is 8.97. The first kappa shape index (κ1) is 9.97. The summed E-state index contributed by atoms with van der Waals surface area (Å²) in [4.78, 5) is 11.6. The molecule has 2 saturated heterocycles. The summed E-state index contributed by atoms with van der Waals surface area (Å²) in [6.07, 6.45) is 5.06. The highest BCUT2D eigenvalue weighted by Crippen LogP contribution is 2.50. The molecule has 0 atom stereocenters. The number of carbonyl (C=O) groups is 1. The Morgan fingerprint density at radius 2 is 2.00 bits per heavy atom. The first-order valence-electron chi connectivity index (χ1n) is 5.39. The van der Waals surface area contributed by atoms with Crippen molar-refractivity contribution in [1.29, 1.82) is 0 Å². The third-order valence-corrected chi connectivity index (χ3v) is 4.08. The van der Waals surface area contributed by atoms with E-state index in [2.05, 4.69) is 6.92 Å². The van der Waals surface area contributed by atoms with Gasteiger partial charge in [0.05, 0.1) is 13.7 Å². The van der Waals surface area contributed by atoms with Crippen LogP contribution in [0.25, 0.3) is 0 Å². The Labute approximate surface area is 84.8 Å². The molecule has 0 N–H and O–H groups in total. The number of fused-ring (bicyclic) bond motifs is 3. The number of ether oxygens (including phenoxy) is 2. The van der Waals surface area contributed by atoms with E-state index >= 15 is 0 Å².